The lowest BCUT2D eigenvalue weighted by atomic mass is 10.1. The minimum Gasteiger partial charge on any atom is -0.492 e. The van der Waals surface area contributed by atoms with E-state index < -0.39 is 0 Å². The maximum absolute atomic E-state index is 11.8. The van der Waals surface area contributed by atoms with Crippen molar-refractivity contribution in [3.05, 3.63) is 23.8 Å². The Bertz CT molecular complexity index is 405. The van der Waals surface area contributed by atoms with E-state index in [0.717, 1.165) is 6.54 Å². The van der Waals surface area contributed by atoms with Gasteiger partial charge < -0.3 is 20.7 Å². The molecule has 0 fully saturated rings. The number of nitrogen functional groups attached to an aromatic ring is 1. The lowest BCUT2D eigenvalue weighted by molar-refractivity contribution is 0.0951. The number of nitrogens with one attached hydrogen (secondary N) is 1. The highest BCUT2D eigenvalue weighted by Gasteiger charge is 2.08. The molecule has 18 heavy (non-hydrogen) atoms. The van der Waals surface area contributed by atoms with E-state index in [9.17, 15) is 4.79 Å². The van der Waals surface area contributed by atoms with Crippen LogP contribution in [-0.2, 0) is 0 Å². The standard InChI is InChI=1S/C13H21N3O2/c1-4-18-12-6-5-10(9-11(12)14)13(17)15-7-8-16(2)3/h5-6,9H,4,7-8,14H2,1-3H3,(H,15,17). The molecular formula is C13H21N3O2. The van der Waals surface area contributed by atoms with Crippen LogP contribution in [0.25, 0.3) is 0 Å². The number of ether oxygens (including phenoxy) is 1. The van der Waals surface area contributed by atoms with E-state index in [4.69, 9.17) is 10.5 Å². The van der Waals surface area contributed by atoms with Crippen LogP contribution in [0.4, 0.5) is 5.69 Å². The number of carbonyl (C=O) groups is 1. The second-order valence-corrected chi connectivity index (χ2v) is 4.24. The lowest BCUT2D eigenvalue weighted by Crippen LogP contribution is -2.31. The molecule has 0 aliphatic heterocycles. The number of hydrogen-bond acceptors (Lipinski definition) is 4. The number of anilines is 1. The van der Waals surface area contributed by atoms with Gasteiger partial charge in [0.25, 0.3) is 5.91 Å². The molecule has 0 aromatic heterocycles. The molecule has 3 N–H and O–H groups in total. The molecular weight excluding hydrogens is 230 g/mol. The summed E-state index contributed by atoms with van der Waals surface area (Å²) in [4.78, 5) is 13.8. The van der Waals surface area contributed by atoms with Crippen molar-refractivity contribution in [2.24, 2.45) is 0 Å². The molecule has 1 aromatic rings. The Morgan fingerprint density at radius 2 is 2.17 bits per heavy atom. The van der Waals surface area contributed by atoms with E-state index in [1.54, 1.807) is 18.2 Å². The van der Waals surface area contributed by atoms with Crippen molar-refractivity contribution in [2.45, 2.75) is 6.92 Å². The SMILES string of the molecule is CCOc1ccc(C(=O)NCCN(C)C)cc1N. The van der Waals surface area contributed by atoms with E-state index >= 15 is 0 Å². The third-order valence-corrected chi connectivity index (χ3v) is 2.42. The highest BCUT2D eigenvalue weighted by Crippen LogP contribution is 2.22. The summed E-state index contributed by atoms with van der Waals surface area (Å²) in [6.45, 7) is 3.86. The Kier molecular flexibility index (Phi) is 5.45. The number of hydrogen-bond donors (Lipinski definition) is 2. The van der Waals surface area contributed by atoms with Crippen LogP contribution in [0.2, 0.25) is 0 Å². The molecule has 0 aliphatic rings. The fourth-order valence-corrected chi connectivity index (χ4v) is 1.47. The second-order valence-electron chi connectivity index (χ2n) is 4.24. The fraction of sp³-hybridized carbons (Fsp3) is 0.462. The molecule has 1 aromatic carbocycles. The average molecular weight is 251 g/mol. The molecule has 0 radical (unpaired) electrons. The van der Waals surface area contributed by atoms with E-state index in [-0.39, 0.29) is 5.91 Å². The highest BCUT2D eigenvalue weighted by molar-refractivity contribution is 5.95. The van der Waals surface area contributed by atoms with Crippen LogP contribution in [0, 0.1) is 0 Å². The predicted molar refractivity (Wildman–Crippen MR) is 72.9 cm³/mol. The highest BCUT2D eigenvalue weighted by atomic mass is 16.5. The third kappa shape index (κ3) is 4.25. The zero-order chi connectivity index (χ0) is 13.5. The van der Waals surface area contributed by atoms with Crippen LogP contribution >= 0.6 is 0 Å². The summed E-state index contributed by atoms with van der Waals surface area (Å²) < 4.78 is 5.32. The first kappa shape index (κ1) is 14.3. The van der Waals surface area contributed by atoms with Crippen molar-refractivity contribution in [3.8, 4) is 5.75 Å². The van der Waals surface area contributed by atoms with Crippen LogP contribution in [0.5, 0.6) is 5.75 Å². The summed E-state index contributed by atoms with van der Waals surface area (Å²) in [5.41, 5.74) is 6.84. The predicted octanol–water partition coefficient (Wildman–Crippen LogP) is 0.959. The largest absolute Gasteiger partial charge is 0.492 e. The van der Waals surface area contributed by atoms with Gasteiger partial charge >= 0.3 is 0 Å². The van der Waals surface area contributed by atoms with Gasteiger partial charge in [0.1, 0.15) is 5.75 Å². The Hall–Kier alpha value is -1.75. The van der Waals surface area contributed by atoms with Crippen molar-refractivity contribution < 1.29 is 9.53 Å². The summed E-state index contributed by atoms with van der Waals surface area (Å²) in [5.74, 6) is 0.494. The molecule has 0 atom stereocenters. The van der Waals surface area contributed by atoms with Crippen molar-refractivity contribution in [1.82, 2.24) is 10.2 Å². The van der Waals surface area contributed by atoms with Crippen molar-refractivity contribution in [2.75, 3.05) is 39.5 Å². The van der Waals surface area contributed by atoms with Crippen molar-refractivity contribution in [1.29, 1.82) is 0 Å². The van der Waals surface area contributed by atoms with E-state index in [1.165, 1.54) is 0 Å². The zero-order valence-electron chi connectivity index (χ0n) is 11.2. The monoisotopic (exact) mass is 251 g/mol. The Morgan fingerprint density at radius 1 is 1.44 bits per heavy atom. The van der Waals surface area contributed by atoms with Gasteiger partial charge in [0.05, 0.1) is 12.3 Å². The van der Waals surface area contributed by atoms with E-state index in [2.05, 4.69) is 5.32 Å². The van der Waals surface area contributed by atoms with E-state index in [1.807, 2.05) is 25.9 Å². The molecule has 0 unspecified atom stereocenters. The maximum atomic E-state index is 11.8. The van der Waals surface area contributed by atoms with Gasteiger partial charge in [-0.25, -0.2) is 0 Å². The maximum Gasteiger partial charge on any atom is 0.251 e. The van der Waals surface area contributed by atoms with Gasteiger partial charge in [0.15, 0.2) is 0 Å². The quantitative estimate of drug-likeness (QED) is 0.739. The van der Waals surface area contributed by atoms with E-state index in [0.29, 0.717) is 30.2 Å². The average Bonchev–Trinajstić information content (AvgIpc) is 2.31. The van der Waals surface area contributed by atoms with Gasteiger partial charge in [0.2, 0.25) is 0 Å². The molecule has 0 heterocycles. The molecule has 1 amide bonds. The van der Waals surface area contributed by atoms with Crippen LogP contribution in [0.1, 0.15) is 17.3 Å². The number of amides is 1. The summed E-state index contributed by atoms with van der Waals surface area (Å²) in [5, 5.41) is 2.83. The minimum absolute atomic E-state index is 0.119. The first-order valence-corrected chi connectivity index (χ1v) is 5.99. The Labute approximate surface area is 108 Å². The van der Waals surface area contributed by atoms with Crippen LogP contribution in [0.15, 0.2) is 18.2 Å². The van der Waals surface area contributed by atoms with Crippen molar-refractivity contribution in [3.63, 3.8) is 0 Å². The van der Waals surface area contributed by atoms with Crippen molar-refractivity contribution >= 4 is 11.6 Å². The van der Waals surface area contributed by atoms with Gasteiger partial charge in [0, 0.05) is 18.7 Å². The smallest absolute Gasteiger partial charge is 0.251 e. The van der Waals surface area contributed by atoms with Crippen LogP contribution in [-0.4, -0.2) is 44.6 Å². The fourth-order valence-electron chi connectivity index (χ4n) is 1.47. The molecule has 0 spiro atoms. The molecule has 0 aliphatic carbocycles. The molecule has 0 saturated heterocycles. The summed E-state index contributed by atoms with van der Waals surface area (Å²) in [6.07, 6.45) is 0. The third-order valence-electron chi connectivity index (χ3n) is 2.42. The minimum atomic E-state index is -0.119. The number of likely N-dealkylation sites (N-methyl/N-ethyl adjacent to an activating group) is 1. The zero-order valence-corrected chi connectivity index (χ0v) is 11.2. The number of nitrogens with zero attached hydrogens (tertiary/aromatic N) is 1. The van der Waals surface area contributed by atoms with Gasteiger partial charge in [-0.3, -0.25) is 4.79 Å². The second kappa shape index (κ2) is 6.86. The Morgan fingerprint density at radius 3 is 2.72 bits per heavy atom. The molecule has 5 heteroatoms. The lowest BCUT2D eigenvalue weighted by Gasteiger charge is -2.11. The molecule has 5 nitrogen and oxygen atoms in total. The first-order chi connectivity index (χ1) is 8.54. The number of rotatable bonds is 6. The van der Waals surface area contributed by atoms with Gasteiger partial charge in [-0.2, -0.15) is 0 Å². The first-order valence-electron chi connectivity index (χ1n) is 5.99. The van der Waals surface area contributed by atoms with Crippen LogP contribution in [0.3, 0.4) is 0 Å². The summed E-state index contributed by atoms with van der Waals surface area (Å²) >= 11 is 0. The summed E-state index contributed by atoms with van der Waals surface area (Å²) in [7, 11) is 3.92. The summed E-state index contributed by atoms with van der Waals surface area (Å²) in [6, 6.07) is 5.07. The van der Waals surface area contributed by atoms with Gasteiger partial charge in [-0.15, -0.1) is 0 Å². The normalized spacial score (nSPS) is 10.4. The number of carbonyl (C=O) groups excluding carboxylic acids is 1. The van der Waals surface area contributed by atoms with Gasteiger partial charge in [-0.1, -0.05) is 0 Å². The van der Waals surface area contributed by atoms with Gasteiger partial charge in [-0.05, 0) is 39.2 Å². The number of nitrogens with two attached hydrogens (primary N) is 1. The number of benzene rings is 1. The molecule has 0 bridgehead atoms. The molecule has 1 rings (SSSR count). The molecule has 0 saturated carbocycles. The Balaban J connectivity index is 2.61. The topological polar surface area (TPSA) is 67.6 Å². The van der Waals surface area contributed by atoms with Crippen LogP contribution < -0.4 is 15.8 Å². The molecule has 100 valence electrons.